The van der Waals surface area contributed by atoms with Gasteiger partial charge in [0.2, 0.25) is 0 Å². The minimum Gasteiger partial charge on any atom is -0.481 e. The number of carbonyl (C=O) groups excluding carboxylic acids is 1. The number of nitrogens with zero attached hydrogens (tertiary/aromatic N) is 3. The summed E-state index contributed by atoms with van der Waals surface area (Å²) < 4.78 is 1.98. The molecule has 1 aliphatic heterocycles. The van der Waals surface area contributed by atoms with Crippen molar-refractivity contribution >= 4 is 46.1 Å². The number of unbranched alkanes of at least 4 members (excludes halogenated alkanes) is 3. The molecule has 8 heteroatoms. The fraction of sp³-hybridized carbons (Fsp3) is 0.423. The van der Waals surface area contributed by atoms with Gasteiger partial charge in [-0.05, 0) is 55.9 Å². The second-order valence-electron chi connectivity index (χ2n) is 9.02. The summed E-state index contributed by atoms with van der Waals surface area (Å²) in [6.07, 6.45) is 8.00. The molecule has 6 nitrogen and oxygen atoms in total. The summed E-state index contributed by atoms with van der Waals surface area (Å²) in [5, 5.41) is 11.3. The van der Waals surface area contributed by atoms with Crippen LogP contribution in [0.3, 0.4) is 0 Å². The van der Waals surface area contributed by atoms with Crippen LogP contribution in [0.1, 0.15) is 53.7 Å². The number of pyridine rings is 1. The molecule has 0 unspecified atom stereocenters. The number of hydrogen-bond donors (Lipinski definition) is 1. The highest BCUT2D eigenvalue weighted by Gasteiger charge is 2.34. The van der Waals surface area contributed by atoms with Gasteiger partial charge in [-0.25, -0.2) is 4.98 Å². The van der Waals surface area contributed by atoms with Gasteiger partial charge in [-0.2, -0.15) is 0 Å². The molecule has 1 atom stereocenters. The first kappa shape index (κ1) is 24.6. The van der Waals surface area contributed by atoms with Crippen LogP contribution in [0.5, 0.6) is 0 Å². The predicted octanol–water partition coefficient (Wildman–Crippen LogP) is 5.77. The van der Waals surface area contributed by atoms with Gasteiger partial charge in [0.15, 0.2) is 0 Å². The first-order valence-electron chi connectivity index (χ1n) is 11.7. The number of hydrogen-bond acceptors (Lipinski definition) is 3. The van der Waals surface area contributed by atoms with Crippen LogP contribution in [0, 0.1) is 5.92 Å². The fourth-order valence-corrected chi connectivity index (χ4v) is 5.21. The second kappa shape index (κ2) is 10.8. The number of carboxylic acids is 1. The molecule has 0 spiro atoms. The van der Waals surface area contributed by atoms with Crippen molar-refractivity contribution in [3.8, 4) is 0 Å². The zero-order valence-corrected chi connectivity index (χ0v) is 20.8. The summed E-state index contributed by atoms with van der Waals surface area (Å²) in [5.41, 5.74) is 3.51. The molecule has 3 heterocycles. The summed E-state index contributed by atoms with van der Waals surface area (Å²) in [4.78, 5) is 31.0. The SMILES string of the molecule is Cn1c(CCCCCCc2cccc(Cl)c2)c(C(=O)N2CC[C@H](C(=O)O)C2)c2cc(Cl)cnc21. The lowest BCUT2D eigenvalue weighted by Gasteiger charge is -2.17. The predicted molar refractivity (Wildman–Crippen MR) is 135 cm³/mol. The van der Waals surface area contributed by atoms with E-state index in [1.54, 1.807) is 17.2 Å². The molecule has 4 rings (SSSR count). The average molecular weight is 502 g/mol. The van der Waals surface area contributed by atoms with Crippen molar-refractivity contribution in [1.29, 1.82) is 0 Å². The Bertz CT molecular complexity index is 1210. The Morgan fingerprint density at radius 1 is 1.09 bits per heavy atom. The van der Waals surface area contributed by atoms with E-state index in [0.29, 0.717) is 23.6 Å². The highest BCUT2D eigenvalue weighted by Crippen LogP contribution is 2.30. The maximum Gasteiger partial charge on any atom is 0.308 e. The normalized spacial score (nSPS) is 15.9. The molecule has 0 saturated carbocycles. The minimum atomic E-state index is -0.851. The van der Waals surface area contributed by atoms with Crippen molar-refractivity contribution in [2.45, 2.75) is 44.9 Å². The lowest BCUT2D eigenvalue weighted by atomic mass is 10.0. The van der Waals surface area contributed by atoms with Crippen LogP contribution in [0.15, 0.2) is 36.5 Å². The fourth-order valence-electron chi connectivity index (χ4n) is 4.84. The first-order valence-corrected chi connectivity index (χ1v) is 12.5. The maximum absolute atomic E-state index is 13.5. The van der Waals surface area contributed by atoms with E-state index < -0.39 is 11.9 Å². The Kier molecular flexibility index (Phi) is 7.79. The number of amides is 1. The number of aromatic nitrogens is 2. The number of aryl methyl sites for hydroxylation is 2. The van der Waals surface area contributed by atoms with Gasteiger partial charge in [0.25, 0.3) is 5.91 Å². The molecule has 1 fully saturated rings. The summed E-state index contributed by atoms with van der Waals surface area (Å²) in [6, 6.07) is 9.77. The van der Waals surface area contributed by atoms with E-state index in [9.17, 15) is 14.7 Å². The number of benzene rings is 1. The smallest absolute Gasteiger partial charge is 0.308 e. The Morgan fingerprint density at radius 3 is 2.56 bits per heavy atom. The number of carboxylic acid groups (broad SMARTS) is 1. The van der Waals surface area contributed by atoms with Gasteiger partial charge < -0.3 is 14.6 Å². The highest BCUT2D eigenvalue weighted by molar-refractivity contribution is 6.31. The van der Waals surface area contributed by atoms with Gasteiger partial charge in [-0.1, -0.05) is 48.2 Å². The molecule has 1 amide bonds. The van der Waals surface area contributed by atoms with Gasteiger partial charge in [0.05, 0.1) is 16.5 Å². The van der Waals surface area contributed by atoms with E-state index in [-0.39, 0.29) is 12.5 Å². The van der Waals surface area contributed by atoms with Crippen LogP contribution in [-0.4, -0.2) is 44.5 Å². The number of aliphatic carboxylic acids is 1. The van der Waals surface area contributed by atoms with E-state index in [1.807, 2.05) is 29.8 Å². The molecule has 1 aliphatic rings. The summed E-state index contributed by atoms with van der Waals surface area (Å²) in [7, 11) is 1.93. The standard InChI is InChI=1S/C26H29Cl2N3O3/c1-30-22(10-5-3-2-4-7-17-8-6-9-19(27)13-17)23(21-14-20(28)15-29-24(21)30)25(32)31-12-11-18(16-31)26(33)34/h6,8-9,13-15,18H,2-5,7,10-12,16H2,1H3,(H,33,34)/t18-/m0/s1. The van der Waals surface area contributed by atoms with Crippen LogP contribution >= 0.6 is 23.2 Å². The minimum absolute atomic E-state index is 0.130. The number of halogens is 2. The molecule has 0 radical (unpaired) electrons. The lowest BCUT2D eigenvalue weighted by Crippen LogP contribution is -2.30. The number of fused-ring (bicyclic) bond motifs is 1. The topological polar surface area (TPSA) is 75.4 Å². The lowest BCUT2D eigenvalue weighted by molar-refractivity contribution is -0.141. The number of carbonyl (C=O) groups is 2. The first-order chi connectivity index (χ1) is 16.3. The molecular formula is C26H29Cl2N3O3. The van der Waals surface area contributed by atoms with E-state index in [2.05, 4.69) is 11.1 Å². The largest absolute Gasteiger partial charge is 0.481 e. The van der Waals surface area contributed by atoms with Crippen molar-refractivity contribution in [2.75, 3.05) is 13.1 Å². The monoisotopic (exact) mass is 501 g/mol. The van der Waals surface area contributed by atoms with Gasteiger partial charge in [0, 0.05) is 42.4 Å². The Hall–Kier alpha value is -2.57. The van der Waals surface area contributed by atoms with Gasteiger partial charge in [-0.15, -0.1) is 0 Å². The van der Waals surface area contributed by atoms with Crippen molar-refractivity contribution < 1.29 is 14.7 Å². The van der Waals surface area contributed by atoms with Gasteiger partial charge in [-0.3, -0.25) is 9.59 Å². The third kappa shape index (κ3) is 5.39. The van der Waals surface area contributed by atoms with E-state index in [1.165, 1.54) is 5.56 Å². The summed E-state index contributed by atoms with van der Waals surface area (Å²) in [6.45, 7) is 0.685. The number of likely N-dealkylation sites (tertiary alicyclic amines) is 1. The Balaban J connectivity index is 1.45. The zero-order valence-electron chi connectivity index (χ0n) is 19.3. The Morgan fingerprint density at radius 2 is 1.85 bits per heavy atom. The molecule has 1 aromatic carbocycles. The summed E-state index contributed by atoms with van der Waals surface area (Å²) >= 11 is 12.3. The third-order valence-electron chi connectivity index (χ3n) is 6.67. The van der Waals surface area contributed by atoms with E-state index in [0.717, 1.165) is 60.3 Å². The Labute approximate surface area is 209 Å². The van der Waals surface area contributed by atoms with Crippen molar-refractivity contribution in [2.24, 2.45) is 13.0 Å². The van der Waals surface area contributed by atoms with Gasteiger partial charge in [0.1, 0.15) is 5.65 Å². The molecular weight excluding hydrogens is 473 g/mol. The van der Waals surface area contributed by atoms with Crippen LogP contribution < -0.4 is 0 Å². The number of rotatable bonds is 9. The molecule has 34 heavy (non-hydrogen) atoms. The molecule has 0 bridgehead atoms. The molecule has 180 valence electrons. The molecule has 3 aromatic rings. The van der Waals surface area contributed by atoms with E-state index >= 15 is 0 Å². The zero-order chi connectivity index (χ0) is 24.2. The highest BCUT2D eigenvalue weighted by atomic mass is 35.5. The van der Waals surface area contributed by atoms with E-state index in [4.69, 9.17) is 23.2 Å². The van der Waals surface area contributed by atoms with Crippen LogP contribution in [0.25, 0.3) is 11.0 Å². The van der Waals surface area contributed by atoms with Crippen LogP contribution in [0.2, 0.25) is 10.0 Å². The second-order valence-corrected chi connectivity index (χ2v) is 9.90. The molecule has 1 N–H and O–H groups in total. The average Bonchev–Trinajstić information content (AvgIpc) is 3.40. The van der Waals surface area contributed by atoms with Crippen molar-refractivity contribution in [3.05, 3.63) is 63.4 Å². The third-order valence-corrected chi connectivity index (χ3v) is 7.11. The van der Waals surface area contributed by atoms with Crippen molar-refractivity contribution in [3.63, 3.8) is 0 Å². The molecule has 1 saturated heterocycles. The molecule has 2 aromatic heterocycles. The van der Waals surface area contributed by atoms with Crippen LogP contribution in [0.4, 0.5) is 0 Å². The summed E-state index contributed by atoms with van der Waals surface area (Å²) in [5.74, 6) is -1.49. The van der Waals surface area contributed by atoms with Crippen LogP contribution in [-0.2, 0) is 24.7 Å². The molecule has 0 aliphatic carbocycles. The quantitative estimate of drug-likeness (QED) is 0.377. The van der Waals surface area contributed by atoms with Crippen molar-refractivity contribution in [1.82, 2.24) is 14.5 Å². The van der Waals surface area contributed by atoms with Gasteiger partial charge >= 0.3 is 5.97 Å². The maximum atomic E-state index is 13.5.